The maximum Gasteiger partial charge on any atom is 0.230 e. The molecule has 0 N–H and O–H groups in total. The Kier molecular flexibility index (Phi) is 3.67. The van der Waals surface area contributed by atoms with Crippen molar-refractivity contribution in [2.24, 2.45) is 0 Å². The fraction of sp³-hybridized carbons (Fsp3) is 0.500. The summed E-state index contributed by atoms with van der Waals surface area (Å²) in [6.45, 7) is 4.39. The molecule has 1 aliphatic carbocycles. The number of aromatic nitrogens is 3. The second-order valence-corrected chi connectivity index (χ2v) is 6.09. The molecule has 2 aromatic rings. The Balaban J connectivity index is 1.32. The Morgan fingerprint density at radius 3 is 2.65 bits per heavy atom. The van der Waals surface area contributed by atoms with Crippen LogP contribution in [0.2, 0.25) is 0 Å². The standard InChI is InChI=1S/C16H18N6O/c17-9-12-1-4-14(18-10-12)22-7-5-21(6-8-22)11-15-19-20-16(23-15)13-2-3-13/h1,4,10,13H,2-3,5-8,11H2. The number of anilines is 1. The molecule has 0 amide bonds. The SMILES string of the molecule is N#Cc1ccc(N2CCN(Cc3nnc(C4CC4)o3)CC2)nc1. The van der Waals surface area contributed by atoms with Gasteiger partial charge in [-0.1, -0.05) is 0 Å². The van der Waals surface area contributed by atoms with Crippen LogP contribution in [0.3, 0.4) is 0 Å². The van der Waals surface area contributed by atoms with Crippen LogP contribution in [0.1, 0.15) is 36.1 Å². The second-order valence-electron chi connectivity index (χ2n) is 6.09. The molecule has 4 rings (SSSR count). The van der Waals surface area contributed by atoms with Crippen LogP contribution < -0.4 is 4.90 Å². The Labute approximate surface area is 134 Å². The highest BCUT2D eigenvalue weighted by atomic mass is 16.4. The normalized spacial score (nSPS) is 18.8. The van der Waals surface area contributed by atoms with Crippen LogP contribution in [0.4, 0.5) is 5.82 Å². The van der Waals surface area contributed by atoms with Gasteiger partial charge in [0.05, 0.1) is 12.1 Å². The molecule has 0 unspecified atom stereocenters. The summed E-state index contributed by atoms with van der Waals surface area (Å²) in [5.74, 6) is 2.96. The van der Waals surface area contributed by atoms with E-state index in [1.165, 1.54) is 12.8 Å². The lowest BCUT2D eigenvalue weighted by molar-refractivity contribution is 0.223. The van der Waals surface area contributed by atoms with Gasteiger partial charge >= 0.3 is 0 Å². The maximum absolute atomic E-state index is 8.82. The highest BCUT2D eigenvalue weighted by molar-refractivity contribution is 5.42. The van der Waals surface area contributed by atoms with E-state index in [1.54, 1.807) is 6.20 Å². The summed E-state index contributed by atoms with van der Waals surface area (Å²) in [5, 5.41) is 17.1. The van der Waals surface area contributed by atoms with Crippen LogP contribution in [0, 0.1) is 11.3 Å². The van der Waals surface area contributed by atoms with E-state index in [4.69, 9.17) is 9.68 Å². The van der Waals surface area contributed by atoms with Crippen molar-refractivity contribution < 1.29 is 4.42 Å². The van der Waals surface area contributed by atoms with Crippen molar-refractivity contribution in [1.29, 1.82) is 5.26 Å². The number of nitrogens with zero attached hydrogens (tertiary/aromatic N) is 6. The van der Waals surface area contributed by atoms with E-state index in [0.717, 1.165) is 43.8 Å². The highest BCUT2D eigenvalue weighted by Crippen LogP contribution is 2.39. The van der Waals surface area contributed by atoms with E-state index in [0.29, 0.717) is 18.0 Å². The molecule has 7 heteroatoms. The average molecular weight is 310 g/mol. The number of hydrogen-bond donors (Lipinski definition) is 0. The quantitative estimate of drug-likeness (QED) is 0.847. The topological polar surface area (TPSA) is 82.1 Å². The van der Waals surface area contributed by atoms with Crippen molar-refractivity contribution in [3.05, 3.63) is 35.7 Å². The molecule has 0 atom stereocenters. The van der Waals surface area contributed by atoms with E-state index in [2.05, 4.69) is 31.1 Å². The molecule has 0 radical (unpaired) electrons. The molecule has 2 aliphatic rings. The van der Waals surface area contributed by atoms with Crippen molar-refractivity contribution in [2.45, 2.75) is 25.3 Å². The molecular weight excluding hydrogens is 292 g/mol. The molecule has 1 saturated heterocycles. The molecule has 0 spiro atoms. The fourth-order valence-corrected chi connectivity index (χ4v) is 2.79. The fourth-order valence-electron chi connectivity index (χ4n) is 2.79. The molecule has 1 saturated carbocycles. The molecule has 7 nitrogen and oxygen atoms in total. The van der Waals surface area contributed by atoms with Crippen LogP contribution in [0.5, 0.6) is 0 Å². The largest absolute Gasteiger partial charge is 0.424 e. The van der Waals surface area contributed by atoms with Crippen LogP contribution in [0.15, 0.2) is 22.7 Å². The van der Waals surface area contributed by atoms with Crippen molar-refractivity contribution in [3.63, 3.8) is 0 Å². The smallest absolute Gasteiger partial charge is 0.230 e. The number of piperazine rings is 1. The summed E-state index contributed by atoms with van der Waals surface area (Å²) in [4.78, 5) is 8.92. The second kappa shape index (κ2) is 5.97. The minimum atomic E-state index is 0.510. The first kappa shape index (κ1) is 14.2. The minimum Gasteiger partial charge on any atom is -0.424 e. The third-order valence-corrected chi connectivity index (χ3v) is 4.34. The van der Waals surface area contributed by atoms with Gasteiger partial charge in [0.1, 0.15) is 11.9 Å². The van der Waals surface area contributed by atoms with Crippen LogP contribution in [-0.4, -0.2) is 46.3 Å². The summed E-state index contributed by atoms with van der Waals surface area (Å²) in [7, 11) is 0. The van der Waals surface area contributed by atoms with Crippen molar-refractivity contribution in [2.75, 3.05) is 31.1 Å². The minimum absolute atomic E-state index is 0.510. The van der Waals surface area contributed by atoms with Crippen LogP contribution in [0.25, 0.3) is 0 Å². The van der Waals surface area contributed by atoms with Gasteiger partial charge in [-0.3, -0.25) is 4.90 Å². The zero-order valence-corrected chi connectivity index (χ0v) is 12.9. The first-order valence-corrected chi connectivity index (χ1v) is 7.97. The van der Waals surface area contributed by atoms with E-state index in [-0.39, 0.29) is 0 Å². The molecule has 1 aliphatic heterocycles. The third-order valence-electron chi connectivity index (χ3n) is 4.34. The molecule has 118 valence electrons. The highest BCUT2D eigenvalue weighted by Gasteiger charge is 2.29. The van der Waals surface area contributed by atoms with Crippen molar-refractivity contribution >= 4 is 5.82 Å². The van der Waals surface area contributed by atoms with E-state index < -0.39 is 0 Å². The zero-order valence-electron chi connectivity index (χ0n) is 12.9. The lowest BCUT2D eigenvalue weighted by atomic mass is 10.2. The molecule has 2 fully saturated rings. The van der Waals surface area contributed by atoms with Crippen molar-refractivity contribution in [3.8, 4) is 6.07 Å². The predicted octanol–water partition coefficient (Wildman–Crippen LogP) is 1.54. The Bertz CT molecular complexity index is 707. The number of hydrogen-bond acceptors (Lipinski definition) is 7. The molecular formula is C16H18N6O. The Morgan fingerprint density at radius 1 is 1.17 bits per heavy atom. The lowest BCUT2D eigenvalue weighted by Crippen LogP contribution is -2.46. The molecule has 3 heterocycles. The molecule has 2 aromatic heterocycles. The summed E-state index contributed by atoms with van der Waals surface area (Å²) in [6.07, 6.45) is 3.98. The average Bonchev–Trinajstić information content (AvgIpc) is 3.36. The van der Waals surface area contributed by atoms with Gasteiger partial charge in [0.25, 0.3) is 0 Å². The monoisotopic (exact) mass is 310 g/mol. The first-order chi connectivity index (χ1) is 11.3. The van der Waals surface area contributed by atoms with E-state index >= 15 is 0 Å². The summed E-state index contributed by atoms with van der Waals surface area (Å²) < 4.78 is 5.73. The number of nitriles is 1. The summed E-state index contributed by atoms with van der Waals surface area (Å²) in [5.41, 5.74) is 0.593. The molecule has 0 aromatic carbocycles. The van der Waals surface area contributed by atoms with E-state index in [1.807, 2.05) is 12.1 Å². The Hall–Kier alpha value is -2.46. The maximum atomic E-state index is 8.82. The Morgan fingerprint density at radius 2 is 2.00 bits per heavy atom. The van der Waals surface area contributed by atoms with Gasteiger partial charge in [-0.05, 0) is 25.0 Å². The van der Waals surface area contributed by atoms with Gasteiger partial charge in [-0.2, -0.15) is 5.26 Å². The number of pyridine rings is 1. The third kappa shape index (κ3) is 3.17. The van der Waals surface area contributed by atoms with E-state index in [9.17, 15) is 0 Å². The first-order valence-electron chi connectivity index (χ1n) is 7.97. The van der Waals surface area contributed by atoms with Gasteiger partial charge < -0.3 is 9.32 Å². The lowest BCUT2D eigenvalue weighted by Gasteiger charge is -2.34. The van der Waals surface area contributed by atoms with Gasteiger partial charge in [-0.25, -0.2) is 4.98 Å². The summed E-state index contributed by atoms with van der Waals surface area (Å²) >= 11 is 0. The van der Waals surface area contributed by atoms with Gasteiger partial charge in [0.2, 0.25) is 11.8 Å². The zero-order chi connectivity index (χ0) is 15.6. The molecule has 23 heavy (non-hydrogen) atoms. The van der Waals surface area contributed by atoms with Crippen molar-refractivity contribution in [1.82, 2.24) is 20.1 Å². The van der Waals surface area contributed by atoms with Crippen LogP contribution in [-0.2, 0) is 6.54 Å². The molecule has 0 bridgehead atoms. The van der Waals surface area contributed by atoms with Gasteiger partial charge in [0.15, 0.2) is 0 Å². The van der Waals surface area contributed by atoms with Gasteiger partial charge in [0, 0.05) is 38.3 Å². The van der Waals surface area contributed by atoms with Gasteiger partial charge in [-0.15, -0.1) is 10.2 Å². The number of rotatable bonds is 4. The summed E-state index contributed by atoms with van der Waals surface area (Å²) in [6, 6.07) is 5.82. The van der Waals surface area contributed by atoms with Crippen LogP contribution >= 0.6 is 0 Å². The predicted molar refractivity (Wildman–Crippen MR) is 82.7 cm³/mol.